The van der Waals surface area contributed by atoms with Crippen LogP contribution in [0.4, 0.5) is 4.79 Å². The maximum atomic E-state index is 13.1. The number of carboxylic acids is 1. The third-order valence-corrected chi connectivity index (χ3v) is 8.84. The van der Waals surface area contributed by atoms with Crippen molar-refractivity contribution in [3.05, 3.63) is 76.6 Å². The van der Waals surface area contributed by atoms with Crippen LogP contribution in [-0.2, 0) is 29.2 Å². The number of carbonyl (C=O) groups is 2. The number of aromatic carboxylic acids is 1. The minimum absolute atomic E-state index is 0.0256. The fourth-order valence-corrected chi connectivity index (χ4v) is 5.90. The highest BCUT2D eigenvalue weighted by molar-refractivity contribution is 6.76. The molecule has 1 aromatic heterocycles. The van der Waals surface area contributed by atoms with Crippen molar-refractivity contribution in [2.24, 2.45) is 0 Å². The van der Waals surface area contributed by atoms with Crippen LogP contribution in [0.25, 0.3) is 11.1 Å². The molecular weight excluding hydrogens is 486 g/mol. The third kappa shape index (κ3) is 5.19. The Balaban J connectivity index is 1.26. The van der Waals surface area contributed by atoms with Crippen LogP contribution < -0.4 is 0 Å². The average Bonchev–Trinajstić information content (AvgIpc) is 3.40. The van der Waals surface area contributed by atoms with Crippen molar-refractivity contribution in [1.82, 2.24) is 14.7 Å². The van der Waals surface area contributed by atoms with E-state index in [0.29, 0.717) is 25.1 Å². The topological polar surface area (TPSA) is 93.9 Å². The summed E-state index contributed by atoms with van der Waals surface area (Å²) < 4.78 is 13.3. The van der Waals surface area contributed by atoms with Crippen molar-refractivity contribution in [3.63, 3.8) is 0 Å². The number of benzene rings is 2. The summed E-state index contributed by atoms with van der Waals surface area (Å²) in [5.41, 5.74) is 6.00. The summed E-state index contributed by atoms with van der Waals surface area (Å²) in [4.78, 5) is 26.6. The number of ether oxygens (including phenoxy) is 2. The second-order valence-electron chi connectivity index (χ2n) is 10.9. The predicted molar refractivity (Wildman–Crippen MR) is 142 cm³/mol. The summed E-state index contributed by atoms with van der Waals surface area (Å²) in [7, 11) is -1.22. The van der Waals surface area contributed by atoms with Crippen LogP contribution in [-0.4, -0.2) is 59.7 Å². The Bertz CT molecular complexity index is 1280. The molecule has 2 aliphatic rings. The van der Waals surface area contributed by atoms with Gasteiger partial charge in [0.2, 0.25) is 0 Å². The van der Waals surface area contributed by atoms with Gasteiger partial charge in [0.05, 0.1) is 6.54 Å². The zero-order chi connectivity index (χ0) is 26.2. The number of amides is 1. The SMILES string of the molecule is C[Si](C)(C)CCOCn1nc(C(=O)O)c2c1CCN(C(=O)OCC1c3ccccc3-c3ccccc31)C2. The Labute approximate surface area is 217 Å². The van der Waals surface area contributed by atoms with Crippen molar-refractivity contribution in [3.8, 4) is 11.1 Å². The highest BCUT2D eigenvalue weighted by Crippen LogP contribution is 2.44. The van der Waals surface area contributed by atoms with Gasteiger partial charge in [0.1, 0.15) is 13.3 Å². The second-order valence-corrected chi connectivity index (χ2v) is 16.5. The van der Waals surface area contributed by atoms with Gasteiger partial charge in [-0.3, -0.25) is 0 Å². The number of carbonyl (C=O) groups excluding carboxylic acids is 1. The lowest BCUT2D eigenvalue weighted by Crippen LogP contribution is -2.37. The van der Waals surface area contributed by atoms with Crippen molar-refractivity contribution in [2.45, 2.75) is 51.3 Å². The lowest BCUT2D eigenvalue weighted by Gasteiger charge is -2.27. The molecule has 1 aliphatic heterocycles. The third-order valence-electron chi connectivity index (χ3n) is 7.14. The first-order chi connectivity index (χ1) is 17.7. The average molecular weight is 520 g/mol. The fraction of sp³-hybridized carbons (Fsp3) is 0.393. The van der Waals surface area contributed by atoms with E-state index in [9.17, 15) is 14.7 Å². The number of carboxylic acid groups (broad SMARTS) is 1. The molecule has 0 unspecified atom stereocenters. The van der Waals surface area contributed by atoms with Crippen LogP contribution in [0.2, 0.25) is 25.7 Å². The van der Waals surface area contributed by atoms with Crippen LogP contribution in [0.3, 0.4) is 0 Å². The second kappa shape index (κ2) is 10.1. The number of rotatable bonds is 8. The summed E-state index contributed by atoms with van der Waals surface area (Å²) >= 11 is 0. The predicted octanol–water partition coefficient (Wildman–Crippen LogP) is 5.20. The highest BCUT2D eigenvalue weighted by atomic mass is 28.3. The number of hydrogen-bond donors (Lipinski definition) is 1. The molecule has 0 spiro atoms. The molecule has 3 aromatic rings. The number of hydrogen-bond acceptors (Lipinski definition) is 5. The maximum Gasteiger partial charge on any atom is 0.410 e. The molecule has 0 saturated carbocycles. The van der Waals surface area contributed by atoms with E-state index in [-0.39, 0.29) is 31.5 Å². The smallest absolute Gasteiger partial charge is 0.410 e. The first-order valence-electron chi connectivity index (χ1n) is 12.7. The van der Waals surface area contributed by atoms with Crippen LogP contribution >= 0.6 is 0 Å². The Hall–Kier alpha value is -3.43. The summed E-state index contributed by atoms with van der Waals surface area (Å²) in [6, 6.07) is 17.4. The van der Waals surface area contributed by atoms with E-state index in [1.54, 1.807) is 9.58 Å². The highest BCUT2D eigenvalue weighted by Gasteiger charge is 2.33. The molecule has 8 nitrogen and oxygen atoms in total. The van der Waals surface area contributed by atoms with Gasteiger partial charge in [-0.15, -0.1) is 0 Å². The molecule has 1 N–H and O–H groups in total. The molecule has 2 aromatic carbocycles. The van der Waals surface area contributed by atoms with E-state index in [1.807, 2.05) is 24.3 Å². The minimum Gasteiger partial charge on any atom is -0.476 e. The number of nitrogens with zero attached hydrogens (tertiary/aromatic N) is 3. The van der Waals surface area contributed by atoms with Gasteiger partial charge in [-0.1, -0.05) is 68.2 Å². The lowest BCUT2D eigenvalue weighted by atomic mass is 9.98. The van der Waals surface area contributed by atoms with Gasteiger partial charge >= 0.3 is 12.1 Å². The molecule has 0 saturated heterocycles. The molecule has 5 rings (SSSR count). The Morgan fingerprint density at radius 3 is 2.32 bits per heavy atom. The molecule has 2 heterocycles. The molecule has 9 heteroatoms. The summed E-state index contributed by atoms with van der Waals surface area (Å²) in [5, 5.41) is 14.0. The molecule has 194 valence electrons. The van der Waals surface area contributed by atoms with Crippen molar-refractivity contribution < 1.29 is 24.2 Å². The first-order valence-corrected chi connectivity index (χ1v) is 16.4. The maximum absolute atomic E-state index is 13.1. The van der Waals surface area contributed by atoms with Crippen molar-refractivity contribution >= 4 is 20.1 Å². The molecule has 0 bridgehead atoms. The summed E-state index contributed by atoms with van der Waals surface area (Å²) in [5.74, 6) is -1.13. The summed E-state index contributed by atoms with van der Waals surface area (Å²) in [6.07, 6.45) is 0.0555. The van der Waals surface area contributed by atoms with Gasteiger partial charge in [-0.2, -0.15) is 5.10 Å². The molecule has 1 amide bonds. The zero-order valence-electron chi connectivity index (χ0n) is 21.6. The Morgan fingerprint density at radius 2 is 1.70 bits per heavy atom. The summed E-state index contributed by atoms with van der Waals surface area (Å²) in [6.45, 7) is 8.51. The van der Waals surface area contributed by atoms with E-state index >= 15 is 0 Å². The quantitative estimate of drug-likeness (QED) is 0.325. The Morgan fingerprint density at radius 1 is 1.05 bits per heavy atom. The van der Waals surface area contributed by atoms with Crippen LogP contribution in [0, 0.1) is 0 Å². The zero-order valence-corrected chi connectivity index (χ0v) is 22.6. The molecule has 37 heavy (non-hydrogen) atoms. The van der Waals surface area contributed by atoms with Gasteiger partial charge < -0.3 is 19.5 Å². The fourth-order valence-electron chi connectivity index (χ4n) is 5.14. The van der Waals surface area contributed by atoms with E-state index in [4.69, 9.17) is 9.47 Å². The number of fused-ring (bicyclic) bond motifs is 4. The van der Waals surface area contributed by atoms with Crippen molar-refractivity contribution in [1.29, 1.82) is 0 Å². The largest absolute Gasteiger partial charge is 0.476 e. The van der Waals surface area contributed by atoms with Gasteiger partial charge in [-0.05, 0) is 28.3 Å². The molecule has 0 radical (unpaired) electrons. The van der Waals surface area contributed by atoms with Crippen LogP contribution in [0.1, 0.15) is 38.8 Å². The van der Waals surface area contributed by atoms with Gasteiger partial charge in [0.25, 0.3) is 0 Å². The molecule has 0 atom stereocenters. The van der Waals surface area contributed by atoms with E-state index < -0.39 is 20.1 Å². The monoisotopic (exact) mass is 519 g/mol. The van der Waals surface area contributed by atoms with Crippen molar-refractivity contribution in [2.75, 3.05) is 19.8 Å². The molecular formula is C28H33N3O5Si. The van der Waals surface area contributed by atoms with E-state index in [0.717, 1.165) is 22.9 Å². The van der Waals surface area contributed by atoms with E-state index in [1.165, 1.54) is 11.1 Å². The van der Waals surface area contributed by atoms with Crippen LogP contribution in [0.5, 0.6) is 0 Å². The standard InChI is InChI=1S/C28H33N3O5Si/c1-37(2,3)15-14-35-18-31-25-12-13-30(16-23(25)26(29-31)27(32)33)28(34)36-17-24-21-10-6-4-8-19(21)20-9-5-7-11-22(20)24/h4-11,24H,12-18H2,1-3H3,(H,32,33). The van der Waals surface area contributed by atoms with E-state index in [2.05, 4.69) is 49.0 Å². The molecule has 0 fully saturated rings. The first kappa shape index (κ1) is 25.2. The minimum atomic E-state index is -1.22. The van der Waals surface area contributed by atoms with Gasteiger partial charge in [0.15, 0.2) is 5.69 Å². The van der Waals surface area contributed by atoms with Gasteiger partial charge in [-0.25, -0.2) is 14.3 Å². The lowest BCUT2D eigenvalue weighted by molar-refractivity contribution is 0.0668. The van der Waals surface area contributed by atoms with Gasteiger partial charge in [0, 0.05) is 44.8 Å². The normalized spacial score (nSPS) is 14.7. The van der Waals surface area contributed by atoms with Crippen LogP contribution in [0.15, 0.2) is 48.5 Å². The molecule has 1 aliphatic carbocycles. The Kier molecular flexibility index (Phi) is 6.91. The number of aromatic nitrogens is 2.